The van der Waals surface area contributed by atoms with Gasteiger partial charge in [-0.05, 0) is 55.1 Å². The summed E-state index contributed by atoms with van der Waals surface area (Å²) in [4.78, 5) is 27.0. The molecule has 2 aromatic carbocycles. The van der Waals surface area contributed by atoms with Crippen LogP contribution in [0.15, 0.2) is 54.6 Å². The number of hydrogen-bond donors (Lipinski definition) is 2. The Morgan fingerprint density at radius 3 is 2.38 bits per heavy atom. The van der Waals surface area contributed by atoms with Crippen LogP contribution in [0.4, 0.5) is 11.4 Å². The Labute approximate surface area is 179 Å². The van der Waals surface area contributed by atoms with Gasteiger partial charge in [0, 0.05) is 30.4 Å². The second-order valence-electron chi connectivity index (χ2n) is 7.77. The van der Waals surface area contributed by atoms with E-state index < -0.39 is 0 Å². The molecule has 0 bridgehead atoms. The van der Waals surface area contributed by atoms with Gasteiger partial charge >= 0.3 is 0 Å². The van der Waals surface area contributed by atoms with Crippen LogP contribution in [0.25, 0.3) is 0 Å². The third kappa shape index (κ3) is 5.81. The zero-order chi connectivity index (χ0) is 20.0. The molecule has 2 aromatic rings. The van der Waals surface area contributed by atoms with Gasteiger partial charge in [0.1, 0.15) is 0 Å². The predicted molar refractivity (Wildman–Crippen MR) is 121 cm³/mol. The fourth-order valence-electron chi connectivity index (χ4n) is 3.99. The molecule has 29 heavy (non-hydrogen) atoms. The van der Waals surface area contributed by atoms with Crippen molar-refractivity contribution in [1.29, 1.82) is 0 Å². The van der Waals surface area contributed by atoms with Crippen molar-refractivity contribution >= 4 is 35.6 Å². The molecule has 156 valence electrons. The van der Waals surface area contributed by atoms with Crippen LogP contribution >= 0.6 is 12.4 Å². The Morgan fingerprint density at radius 2 is 1.72 bits per heavy atom. The first-order valence-corrected chi connectivity index (χ1v) is 9.96. The highest BCUT2D eigenvalue weighted by Gasteiger charge is 2.33. The molecular formula is C23H30ClN3O2. The van der Waals surface area contributed by atoms with Crippen LogP contribution in [0.3, 0.4) is 0 Å². The van der Waals surface area contributed by atoms with Gasteiger partial charge in [0.15, 0.2) is 0 Å². The lowest BCUT2D eigenvalue weighted by atomic mass is 9.71. The molecular weight excluding hydrogens is 386 g/mol. The van der Waals surface area contributed by atoms with E-state index in [1.54, 1.807) is 30.1 Å². The maximum atomic E-state index is 12.8. The maximum absolute atomic E-state index is 12.8. The minimum Gasteiger partial charge on any atom is -0.330 e. The van der Waals surface area contributed by atoms with Crippen LogP contribution in [0.1, 0.15) is 48.9 Å². The summed E-state index contributed by atoms with van der Waals surface area (Å²) in [6, 6.07) is 16.6. The Bertz CT molecular complexity index is 820. The zero-order valence-electron chi connectivity index (χ0n) is 16.9. The molecule has 3 N–H and O–H groups in total. The van der Waals surface area contributed by atoms with Crippen LogP contribution in [0.5, 0.6) is 0 Å². The number of carbonyl (C=O) groups is 2. The molecule has 0 heterocycles. The molecule has 0 spiro atoms. The molecule has 0 aliphatic heterocycles. The van der Waals surface area contributed by atoms with E-state index >= 15 is 0 Å². The number of hydrogen-bond acceptors (Lipinski definition) is 3. The Morgan fingerprint density at radius 1 is 1.03 bits per heavy atom. The molecule has 0 radical (unpaired) electrons. The van der Waals surface area contributed by atoms with Gasteiger partial charge in [-0.1, -0.05) is 43.5 Å². The largest absolute Gasteiger partial charge is 0.330 e. The van der Waals surface area contributed by atoms with Gasteiger partial charge in [-0.2, -0.15) is 0 Å². The molecule has 1 aliphatic carbocycles. The SMILES string of the molecule is CN(C(=O)c1cccc(NC(=O)CC2(CN)CCCCC2)c1)c1ccccc1.Cl. The fraction of sp³-hybridized carbons (Fsp3) is 0.391. The zero-order valence-corrected chi connectivity index (χ0v) is 17.7. The molecule has 5 nitrogen and oxygen atoms in total. The summed E-state index contributed by atoms with van der Waals surface area (Å²) in [7, 11) is 1.75. The normalized spacial score (nSPS) is 15.1. The van der Waals surface area contributed by atoms with E-state index in [0.29, 0.717) is 24.2 Å². The molecule has 1 saturated carbocycles. The van der Waals surface area contributed by atoms with Crippen LogP contribution in [0, 0.1) is 5.41 Å². The van der Waals surface area contributed by atoms with E-state index in [-0.39, 0.29) is 29.6 Å². The summed E-state index contributed by atoms with van der Waals surface area (Å²) in [6.45, 7) is 0.542. The summed E-state index contributed by atoms with van der Waals surface area (Å²) in [5.74, 6) is -0.152. The Hall–Kier alpha value is -2.37. The van der Waals surface area contributed by atoms with Crippen molar-refractivity contribution in [1.82, 2.24) is 0 Å². The highest BCUT2D eigenvalue weighted by molar-refractivity contribution is 6.06. The monoisotopic (exact) mass is 415 g/mol. The summed E-state index contributed by atoms with van der Waals surface area (Å²) in [6.07, 6.45) is 5.96. The van der Waals surface area contributed by atoms with Crippen molar-refractivity contribution in [2.75, 3.05) is 23.8 Å². The van der Waals surface area contributed by atoms with E-state index in [2.05, 4.69) is 5.32 Å². The number of halogens is 1. The molecule has 0 unspecified atom stereocenters. The van der Waals surface area contributed by atoms with E-state index in [1.807, 2.05) is 36.4 Å². The second kappa shape index (κ2) is 10.4. The summed E-state index contributed by atoms with van der Waals surface area (Å²) in [5, 5.41) is 2.96. The standard InChI is InChI=1S/C23H29N3O2.ClH/c1-26(20-11-4-2-5-12-20)22(28)18-9-8-10-19(15-18)25-21(27)16-23(17-24)13-6-3-7-14-23;/h2,4-5,8-12,15H,3,6-7,13-14,16-17,24H2,1H3,(H,25,27);1H. The van der Waals surface area contributed by atoms with E-state index in [1.165, 1.54) is 6.42 Å². The minimum absolute atomic E-state index is 0. The van der Waals surface area contributed by atoms with Crippen LogP contribution in [-0.2, 0) is 4.79 Å². The molecule has 1 fully saturated rings. The minimum atomic E-state index is -0.118. The number of para-hydroxylation sites is 1. The lowest BCUT2D eigenvalue weighted by molar-refractivity contribution is -0.118. The van der Waals surface area contributed by atoms with Crippen molar-refractivity contribution in [2.24, 2.45) is 11.1 Å². The average molecular weight is 416 g/mol. The first-order valence-electron chi connectivity index (χ1n) is 9.96. The number of anilines is 2. The van der Waals surface area contributed by atoms with Crippen molar-refractivity contribution < 1.29 is 9.59 Å². The second-order valence-corrected chi connectivity index (χ2v) is 7.77. The summed E-state index contributed by atoms with van der Waals surface area (Å²) >= 11 is 0. The van der Waals surface area contributed by atoms with E-state index in [4.69, 9.17) is 5.73 Å². The number of nitrogens with one attached hydrogen (secondary N) is 1. The predicted octanol–water partition coefficient (Wildman–Crippen LogP) is 4.62. The first-order chi connectivity index (χ1) is 13.5. The molecule has 0 atom stereocenters. The number of carbonyl (C=O) groups excluding carboxylic acids is 2. The third-order valence-corrected chi connectivity index (χ3v) is 5.72. The molecule has 0 aromatic heterocycles. The third-order valence-electron chi connectivity index (χ3n) is 5.72. The quantitative estimate of drug-likeness (QED) is 0.722. The van der Waals surface area contributed by atoms with Gasteiger partial charge in [-0.15, -0.1) is 12.4 Å². The van der Waals surface area contributed by atoms with Crippen molar-refractivity contribution in [3.05, 3.63) is 60.2 Å². The van der Waals surface area contributed by atoms with Crippen LogP contribution < -0.4 is 16.0 Å². The van der Waals surface area contributed by atoms with Gasteiger partial charge in [0.05, 0.1) is 0 Å². The highest BCUT2D eigenvalue weighted by Crippen LogP contribution is 2.38. The number of benzene rings is 2. The molecule has 0 saturated heterocycles. The van der Waals surface area contributed by atoms with Crippen LogP contribution in [-0.4, -0.2) is 25.4 Å². The fourth-order valence-corrected chi connectivity index (χ4v) is 3.99. The average Bonchev–Trinajstić information content (AvgIpc) is 2.74. The Balaban J connectivity index is 0.00000300. The molecule has 3 rings (SSSR count). The number of nitrogens with two attached hydrogens (primary N) is 1. The molecule has 6 heteroatoms. The van der Waals surface area contributed by atoms with E-state index in [9.17, 15) is 9.59 Å². The van der Waals surface area contributed by atoms with Crippen molar-refractivity contribution in [3.63, 3.8) is 0 Å². The lowest BCUT2D eigenvalue weighted by Crippen LogP contribution is -2.36. The summed E-state index contributed by atoms with van der Waals surface area (Å²) < 4.78 is 0. The van der Waals surface area contributed by atoms with Gasteiger partial charge in [-0.25, -0.2) is 0 Å². The lowest BCUT2D eigenvalue weighted by Gasteiger charge is -2.35. The summed E-state index contributed by atoms with van der Waals surface area (Å²) in [5.41, 5.74) is 7.92. The highest BCUT2D eigenvalue weighted by atomic mass is 35.5. The van der Waals surface area contributed by atoms with Crippen LogP contribution in [0.2, 0.25) is 0 Å². The van der Waals surface area contributed by atoms with Gasteiger partial charge in [0.2, 0.25) is 5.91 Å². The van der Waals surface area contributed by atoms with Gasteiger partial charge in [-0.3, -0.25) is 9.59 Å². The Kier molecular flexibility index (Phi) is 8.23. The van der Waals surface area contributed by atoms with Crippen molar-refractivity contribution in [3.8, 4) is 0 Å². The number of nitrogens with zero attached hydrogens (tertiary/aromatic N) is 1. The van der Waals surface area contributed by atoms with Gasteiger partial charge in [0.25, 0.3) is 5.91 Å². The van der Waals surface area contributed by atoms with Gasteiger partial charge < -0.3 is 16.0 Å². The smallest absolute Gasteiger partial charge is 0.258 e. The number of rotatable bonds is 6. The number of amides is 2. The first kappa shape index (κ1) is 22.9. The van der Waals surface area contributed by atoms with E-state index in [0.717, 1.165) is 31.4 Å². The topological polar surface area (TPSA) is 75.4 Å². The molecule has 2 amide bonds. The molecule has 1 aliphatic rings. The maximum Gasteiger partial charge on any atom is 0.258 e. The van der Waals surface area contributed by atoms with Crippen molar-refractivity contribution in [2.45, 2.75) is 38.5 Å².